The molecule has 0 atom stereocenters. The molecular weight excluding hydrogens is 330 g/mol. The van der Waals surface area contributed by atoms with E-state index in [2.05, 4.69) is 15.0 Å². The Labute approximate surface area is 151 Å². The smallest absolute Gasteiger partial charge is 0.253 e. The average Bonchev–Trinajstić information content (AvgIpc) is 3.13. The predicted molar refractivity (Wildman–Crippen MR) is 97.9 cm³/mol. The number of imidazole rings is 1. The van der Waals surface area contributed by atoms with Gasteiger partial charge in [-0.05, 0) is 24.3 Å². The summed E-state index contributed by atoms with van der Waals surface area (Å²) < 4.78 is 1.79. The fourth-order valence-corrected chi connectivity index (χ4v) is 3.31. The van der Waals surface area contributed by atoms with Gasteiger partial charge in [-0.1, -0.05) is 12.1 Å². The van der Waals surface area contributed by atoms with Crippen molar-refractivity contribution in [2.75, 3.05) is 39.3 Å². The number of β-amino-alcohol motifs (C(OH)–C–C–N with tert-alkyl or cyclic N) is 1. The van der Waals surface area contributed by atoms with Crippen molar-refractivity contribution in [3.63, 3.8) is 0 Å². The summed E-state index contributed by atoms with van der Waals surface area (Å²) in [5.41, 5.74) is 3.35. The lowest BCUT2D eigenvalue weighted by Gasteiger charge is -2.34. The molecule has 7 heteroatoms. The van der Waals surface area contributed by atoms with E-state index in [9.17, 15) is 4.79 Å². The third kappa shape index (κ3) is 3.18. The molecule has 134 valence electrons. The summed E-state index contributed by atoms with van der Waals surface area (Å²) in [4.78, 5) is 21.1. The van der Waals surface area contributed by atoms with E-state index >= 15 is 0 Å². The quantitative estimate of drug-likeness (QED) is 0.763. The van der Waals surface area contributed by atoms with Crippen LogP contribution in [0.4, 0.5) is 0 Å². The number of benzene rings is 1. The van der Waals surface area contributed by atoms with E-state index < -0.39 is 0 Å². The lowest BCUT2D eigenvalue weighted by atomic mass is 10.1. The minimum atomic E-state index is 0.0523. The number of piperazine rings is 1. The van der Waals surface area contributed by atoms with Crippen molar-refractivity contribution in [3.8, 4) is 11.3 Å². The molecule has 0 bridgehead atoms. The van der Waals surface area contributed by atoms with Crippen LogP contribution in [0.15, 0.2) is 48.8 Å². The van der Waals surface area contributed by atoms with Gasteiger partial charge in [-0.3, -0.25) is 9.69 Å². The predicted octanol–water partition coefficient (Wildman–Crippen LogP) is 1.15. The van der Waals surface area contributed by atoms with Crippen molar-refractivity contribution in [2.24, 2.45) is 0 Å². The van der Waals surface area contributed by atoms with Crippen LogP contribution in [0.2, 0.25) is 0 Å². The molecule has 3 aromatic rings. The van der Waals surface area contributed by atoms with Gasteiger partial charge in [-0.15, -0.1) is 0 Å². The first-order chi connectivity index (χ1) is 12.8. The number of aromatic nitrogens is 3. The van der Waals surface area contributed by atoms with Gasteiger partial charge in [0.1, 0.15) is 0 Å². The van der Waals surface area contributed by atoms with Crippen molar-refractivity contribution < 1.29 is 9.90 Å². The molecule has 0 aliphatic carbocycles. The highest BCUT2D eigenvalue weighted by Crippen LogP contribution is 2.21. The molecule has 1 saturated heterocycles. The summed E-state index contributed by atoms with van der Waals surface area (Å²) in [6.07, 6.45) is 3.52. The molecule has 1 aliphatic heterocycles. The van der Waals surface area contributed by atoms with Gasteiger partial charge in [0.25, 0.3) is 5.91 Å². The van der Waals surface area contributed by atoms with Crippen LogP contribution in [0, 0.1) is 0 Å². The SMILES string of the molecule is O=C(c1ccc(-c2cnc3cccnn23)cc1)N1CCN(CCO)CC1. The molecule has 1 aliphatic rings. The largest absolute Gasteiger partial charge is 0.395 e. The van der Waals surface area contributed by atoms with E-state index in [1.165, 1.54) is 0 Å². The van der Waals surface area contributed by atoms with Gasteiger partial charge in [-0.25, -0.2) is 9.50 Å². The summed E-state index contributed by atoms with van der Waals surface area (Å²) in [5, 5.41) is 13.3. The highest BCUT2D eigenvalue weighted by Gasteiger charge is 2.21. The zero-order valence-corrected chi connectivity index (χ0v) is 14.5. The van der Waals surface area contributed by atoms with Crippen LogP contribution < -0.4 is 0 Å². The maximum atomic E-state index is 12.7. The summed E-state index contributed by atoms with van der Waals surface area (Å²) in [6.45, 7) is 3.82. The highest BCUT2D eigenvalue weighted by atomic mass is 16.3. The van der Waals surface area contributed by atoms with Crippen molar-refractivity contribution in [2.45, 2.75) is 0 Å². The van der Waals surface area contributed by atoms with Gasteiger partial charge in [0.15, 0.2) is 5.65 Å². The second kappa shape index (κ2) is 7.23. The number of aliphatic hydroxyl groups is 1. The number of fused-ring (bicyclic) bond motifs is 1. The molecule has 2 aromatic heterocycles. The summed E-state index contributed by atoms with van der Waals surface area (Å²) >= 11 is 0. The number of nitrogens with zero attached hydrogens (tertiary/aromatic N) is 5. The Morgan fingerprint density at radius 2 is 1.85 bits per heavy atom. The second-order valence-electron chi connectivity index (χ2n) is 6.37. The number of rotatable bonds is 4. The number of amides is 1. The number of carbonyl (C=O) groups excluding carboxylic acids is 1. The number of hydrogen-bond acceptors (Lipinski definition) is 5. The van der Waals surface area contributed by atoms with Gasteiger partial charge in [0.05, 0.1) is 18.5 Å². The third-order valence-corrected chi connectivity index (χ3v) is 4.78. The Balaban J connectivity index is 1.49. The van der Waals surface area contributed by atoms with Crippen LogP contribution in [-0.4, -0.2) is 74.7 Å². The first-order valence-corrected chi connectivity index (χ1v) is 8.78. The summed E-state index contributed by atoms with van der Waals surface area (Å²) in [5.74, 6) is 0.0523. The van der Waals surface area contributed by atoms with E-state index in [0.29, 0.717) is 25.2 Å². The fraction of sp³-hybridized carbons (Fsp3) is 0.316. The highest BCUT2D eigenvalue weighted by molar-refractivity contribution is 5.94. The lowest BCUT2D eigenvalue weighted by molar-refractivity contribution is 0.0615. The molecule has 0 saturated carbocycles. The van der Waals surface area contributed by atoms with Gasteiger partial charge in [0, 0.05) is 50.0 Å². The number of hydrogen-bond donors (Lipinski definition) is 1. The van der Waals surface area contributed by atoms with Crippen LogP contribution in [0.5, 0.6) is 0 Å². The zero-order chi connectivity index (χ0) is 17.9. The molecule has 1 N–H and O–H groups in total. The molecule has 0 radical (unpaired) electrons. The van der Waals surface area contributed by atoms with Crippen molar-refractivity contribution in [3.05, 3.63) is 54.4 Å². The molecule has 1 amide bonds. The van der Waals surface area contributed by atoms with Gasteiger partial charge >= 0.3 is 0 Å². The fourth-order valence-electron chi connectivity index (χ4n) is 3.31. The topological polar surface area (TPSA) is 74.0 Å². The zero-order valence-electron chi connectivity index (χ0n) is 14.5. The van der Waals surface area contributed by atoms with E-state index in [1.54, 1.807) is 16.9 Å². The van der Waals surface area contributed by atoms with Crippen LogP contribution in [0.3, 0.4) is 0 Å². The average molecular weight is 351 g/mol. The minimum absolute atomic E-state index is 0.0523. The molecule has 4 rings (SSSR count). The van der Waals surface area contributed by atoms with Gasteiger partial charge < -0.3 is 10.0 Å². The lowest BCUT2D eigenvalue weighted by Crippen LogP contribution is -2.49. The molecule has 0 unspecified atom stereocenters. The Kier molecular flexibility index (Phi) is 4.64. The van der Waals surface area contributed by atoms with E-state index in [0.717, 1.165) is 30.0 Å². The van der Waals surface area contributed by atoms with Crippen molar-refractivity contribution in [1.82, 2.24) is 24.4 Å². The standard InChI is InChI=1S/C19H21N5O2/c25-13-12-22-8-10-23(11-9-22)19(26)16-5-3-15(4-6-16)17-14-20-18-2-1-7-21-24(17)18/h1-7,14,25H,8-13H2. The van der Waals surface area contributed by atoms with Crippen LogP contribution in [-0.2, 0) is 0 Å². The molecule has 26 heavy (non-hydrogen) atoms. The van der Waals surface area contributed by atoms with E-state index in [4.69, 9.17) is 5.11 Å². The Bertz CT molecular complexity index is 898. The molecular formula is C19H21N5O2. The normalized spacial score (nSPS) is 15.5. The van der Waals surface area contributed by atoms with Crippen LogP contribution in [0.25, 0.3) is 16.9 Å². The first-order valence-electron chi connectivity index (χ1n) is 8.78. The minimum Gasteiger partial charge on any atom is -0.395 e. The van der Waals surface area contributed by atoms with Gasteiger partial charge in [0.2, 0.25) is 0 Å². The maximum Gasteiger partial charge on any atom is 0.253 e. The van der Waals surface area contributed by atoms with E-state index in [1.807, 2.05) is 41.3 Å². The molecule has 0 spiro atoms. The Morgan fingerprint density at radius 1 is 1.08 bits per heavy atom. The molecule has 7 nitrogen and oxygen atoms in total. The third-order valence-electron chi connectivity index (χ3n) is 4.78. The molecule has 3 heterocycles. The number of carbonyl (C=O) groups is 1. The van der Waals surface area contributed by atoms with E-state index in [-0.39, 0.29) is 12.5 Å². The molecule has 1 fully saturated rings. The first kappa shape index (κ1) is 16.7. The van der Waals surface area contributed by atoms with Crippen molar-refractivity contribution in [1.29, 1.82) is 0 Å². The summed E-state index contributed by atoms with van der Waals surface area (Å²) in [6, 6.07) is 11.4. The van der Waals surface area contributed by atoms with Gasteiger partial charge in [-0.2, -0.15) is 5.10 Å². The van der Waals surface area contributed by atoms with Crippen molar-refractivity contribution >= 4 is 11.6 Å². The Hall–Kier alpha value is -2.77. The van der Waals surface area contributed by atoms with Crippen LogP contribution >= 0.6 is 0 Å². The summed E-state index contributed by atoms with van der Waals surface area (Å²) in [7, 11) is 0. The van der Waals surface area contributed by atoms with Crippen LogP contribution in [0.1, 0.15) is 10.4 Å². The monoisotopic (exact) mass is 351 g/mol. The maximum absolute atomic E-state index is 12.7. The number of aliphatic hydroxyl groups excluding tert-OH is 1. The Morgan fingerprint density at radius 3 is 2.58 bits per heavy atom. The second-order valence-corrected chi connectivity index (χ2v) is 6.37. The molecule has 1 aromatic carbocycles.